The van der Waals surface area contributed by atoms with Crippen LogP contribution in [0.1, 0.15) is 38.5 Å². The van der Waals surface area contributed by atoms with E-state index in [1.54, 1.807) is 0 Å². The molecule has 0 unspecified atom stereocenters. The van der Waals surface area contributed by atoms with Crippen LogP contribution in [0.3, 0.4) is 0 Å². The lowest BCUT2D eigenvalue weighted by Crippen LogP contribution is -2.32. The molecule has 4 amide bonds. The third kappa shape index (κ3) is 13.9. The van der Waals surface area contributed by atoms with Crippen LogP contribution in [0.25, 0.3) is 0 Å². The third-order valence-electron chi connectivity index (χ3n) is 5.16. The second-order valence-corrected chi connectivity index (χ2v) is 8.26. The zero-order chi connectivity index (χ0) is 29.0. The fraction of sp³-hybridized carbons (Fsp3) is 0.750. The molecule has 0 spiro atoms. The summed E-state index contributed by atoms with van der Waals surface area (Å²) < 4.78 is 31.9. The van der Waals surface area contributed by atoms with Crippen LogP contribution in [0, 0.1) is 0 Å². The van der Waals surface area contributed by atoms with Crippen molar-refractivity contribution in [3.05, 3.63) is 0 Å². The largest absolute Gasteiger partial charge is 0.378 e. The minimum Gasteiger partial charge on any atom is -0.378 e. The van der Waals surface area contributed by atoms with Gasteiger partial charge in [-0.1, -0.05) is 0 Å². The Morgan fingerprint density at radius 1 is 0.425 bits per heavy atom. The van der Waals surface area contributed by atoms with Crippen molar-refractivity contribution in [3.8, 4) is 0 Å². The Bertz CT molecular complexity index is 751. The van der Waals surface area contributed by atoms with E-state index in [9.17, 15) is 28.8 Å². The van der Waals surface area contributed by atoms with E-state index in [0.717, 1.165) is 0 Å². The number of ether oxygens (including phenoxy) is 6. The lowest BCUT2D eigenvalue weighted by molar-refractivity contribution is -0.198. The number of nitrogens with zero attached hydrogens (tertiary/aromatic N) is 2. The van der Waals surface area contributed by atoms with Crippen molar-refractivity contribution in [1.82, 2.24) is 10.1 Å². The highest BCUT2D eigenvalue weighted by molar-refractivity contribution is 6.02. The van der Waals surface area contributed by atoms with E-state index < -0.39 is 35.6 Å². The molecule has 0 aliphatic carbocycles. The summed E-state index contributed by atoms with van der Waals surface area (Å²) in [5, 5.41) is 1.01. The number of hydroxylamine groups is 4. The molecule has 2 fully saturated rings. The summed E-state index contributed by atoms with van der Waals surface area (Å²) in [6, 6.07) is 0. The third-order valence-corrected chi connectivity index (χ3v) is 5.16. The molecule has 16 nitrogen and oxygen atoms in total. The summed E-state index contributed by atoms with van der Waals surface area (Å²) >= 11 is 0. The number of rotatable bonds is 23. The van der Waals surface area contributed by atoms with E-state index in [4.69, 9.17) is 38.1 Å². The Morgan fingerprint density at radius 3 is 0.900 bits per heavy atom. The molecular weight excluding hydrogens is 540 g/mol. The topological polar surface area (TPSA) is 183 Å². The van der Waals surface area contributed by atoms with Gasteiger partial charge in [-0.3, -0.25) is 19.2 Å². The molecule has 2 rings (SSSR count). The quantitative estimate of drug-likeness (QED) is 0.107. The van der Waals surface area contributed by atoms with Crippen LogP contribution in [0.15, 0.2) is 0 Å². The van der Waals surface area contributed by atoms with Gasteiger partial charge in [0.05, 0.1) is 92.1 Å². The van der Waals surface area contributed by atoms with Crippen molar-refractivity contribution in [3.63, 3.8) is 0 Å². The molecule has 0 saturated carbocycles. The second kappa shape index (κ2) is 19.9. The summed E-state index contributed by atoms with van der Waals surface area (Å²) in [5.41, 5.74) is 0. The van der Waals surface area contributed by atoms with Crippen molar-refractivity contribution in [2.75, 3.05) is 79.3 Å². The molecule has 2 heterocycles. The highest BCUT2D eigenvalue weighted by atomic mass is 16.7. The maximum absolute atomic E-state index is 11.6. The second-order valence-electron chi connectivity index (χ2n) is 8.26. The van der Waals surface area contributed by atoms with Crippen molar-refractivity contribution in [1.29, 1.82) is 0 Å². The van der Waals surface area contributed by atoms with E-state index in [0.29, 0.717) is 63.0 Å². The maximum atomic E-state index is 11.6. The van der Waals surface area contributed by atoms with Crippen LogP contribution in [0.4, 0.5) is 0 Å². The predicted molar refractivity (Wildman–Crippen MR) is 129 cm³/mol. The Labute approximate surface area is 230 Å². The lowest BCUT2D eigenvalue weighted by atomic mass is 10.4. The van der Waals surface area contributed by atoms with Crippen LogP contribution in [-0.2, 0) is 66.9 Å². The van der Waals surface area contributed by atoms with E-state index in [1.165, 1.54) is 0 Å². The highest BCUT2D eigenvalue weighted by Gasteiger charge is 2.33. The van der Waals surface area contributed by atoms with Gasteiger partial charge in [0, 0.05) is 25.7 Å². The van der Waals surface area contributed by atoms with Gasteiger partial charge < -0.3 is 38.1 Å². The van der Waals surface area contributed by atoms with Gasteiger partial charge in [-0.25, -0.2) is 9.59 Å². The van der Waals surface area contributed by atoms with Gasteiger partial charge in [-0.15, -0.1) is 10.1 Å². The lowest BCUT2D eigenvalue weighted by Gasteiger charge is -2.12. The van der Waals surface area contributed by atoms with Gasteiger partial charge in [0.2, 0.25) is 0 Å². The standard InChI is InChI=1S/C24H36N2O14/c27-19-1-2-20(28)25(19)39-23(31)5-7-33-9-11-35-13-15-37-17-18-38-16-14-36-12-10-34-8-6-24(32)40-26-21(29)3-4-22(26)30/h1-18H2. The number of hydrogen-bond acceptors (Lipinski definition) is 14. The number of carbonyl (C=O) groups is 6. The Kier molecular flexibility index (Phi) is 16.5. The number of imide groups is 2. The number of amides is 4. The van der Waals surface area contributed by atoms with Crippen LogP contribution in [-0.4, -0.2) is 125 Å². The molecule has 40 heavy (non-hydrogen) atoms. The van der Waals surface area contributed by atoms with E-state index in [2.05, 4.69) is 0 Å². The SMILES string of the molecule is O=C(CCOCCOCCOCCOCCOCCOCCC(=O)ON1C(=O)CCC1=O)ON1C(=O)CCC1=O. The van der Waals surface area contributed by atoms with Crippen LogP contribution < -0.4 is 0 Å². The van der Waals surface area contributed by atoms with E-state index in [1.807, 2.05) is 0 Å². The Morgan fingerprint density at radius 2 is 0.650 bits per heavy atom. The molecule has 0 radical (unpaired) electrons. The summed E-state index contributed by atoms with van der Waals surface area (Å²) in [7, 11) is 0. The van der Waals surface area contributed by atoms with Crippen molar-refractivity contribution in [2.24, 2.45) is 0 Å². The molecular formula is C24H36N2O14. The molecule has 16 heteroatoms. The Balaban J connectivity index is 1.24. The Hall–Kier alpha value is -3.02. The van der Waals surface area contributed by atoms with Gasteiger partial charge >= 0.3 is 11.9 Å². The maximum Gasteiger partial charge on any atom is 0.335 e. The average Bonchev–Trinajstić information content (AvgIpc) is 3.42. The van der Waals surface area contributed by atoms with Gasteiger partial charge in [-0.2, -0.15) is 0 Å². The number of hydrogen-bond donors (Lipinski definition) is 0. The summed E-state index contributed by atoms with van der Waals surface area (Å²) in [6.45, 7) is 3.54. The fourth-order valence-electron chi connectivity index (χ4n) is 3.12. The molecule has 0 aromatic carbocycles. The highest BCUT2D eigenvalue weighted by Crippen LogP contribution is 2.13. The summed E-state index contributed by atoms with van der Waals surface area (Å²) in [4.78, 5) is 78.1. The minimum absolute atomic E-state index is 0.0475. The summed E-state index contributed by atoms with van der Waals surface area (Å²) in [6.07, 6.45) is 0.00680. The molecule has 2 aliphatic rings. The predicted octanol–water partition coefficient (Wildman–Crippen LogP) is -0.919. The van der Waals surface area contributed by atoms with E-state index >= 15 is 0 Å². The first kappa shape index (κ1) is 33.2. The van der Waals surface area contributed by atoms with Crippen LogP contribution in [0.5, 0.6) is 0 Å². The first-order valence-corrected chi connectivity index (χ1v) is 13.0. The van der Waals surface area contributed by atoms with Crippen molar-refractivity contribution < 1.29 is 66.9 Å². The zero-order valence-electron chi connectivity index (χ0n) is 22.3. The van der Waals surface area contributed by atoms with Gasteiger partial charge in [-0.05, 0) is 0 Å². The van der Waals surface area contributed by atoms with Crippen LogP contribution in [0.2, 0.25) is 0 Å². The number of carbonyl (C=O) groups excluding carboxylic acids is 6. The average molecular weight is 577 g/mol. The molecule has 2 saturated heterocycles. The zero-order valence-corrected chi connectivity index (χ0v) is 22.3. The summed E-state index contributed by atoms with van der Waals surface area (Å²) in [5.74, 6) is -3.53. The van der Waals surface area contributed by atoms with Gasteiger partial charge in [0.15, 0.2) is 0 Å². The molecule has 0 bridgehead atoms. The molecule has 0 aromatic rings. The van der Waals surface area contributed by atoms with Crippen molar-refractivity contribution in [2.45, 2.75) is 38.5 Å². The first-order chi connectivity index (χ1) is 19.4. The van der Waals surface area contributed by atoms with Crippen molar-refractivity contribution >= 4 is 35.6 Å². The smallest absolute Gasteiger partial charge is 0.335 e. The normalized spacial score (nSPS) is 15.4. The molecule has 0 atom stereocenters. The molecule has 2 aliphatic heterocycles. The van der Waals surface area contributed by atoms with Gasteiger partial charge in [0.1, 0.15) is 0 Å². The minimum atomic E-state index is -0.716. The fourth-order valence-corrected chi connectivity index (χ4v) is 3.12. The molecule has 0 N–H and O–H groups in total. The van der Waals surface area contributed by atoms with E-state index in [-0.39, 0.29) is 65.0 Å². The van der Waals surface area contributed by atoms with Crippen LogP contribution >= 0.6 is 0 Å². The van der Waals surface area contributed by atoms with Gasteiger partial charge in [0.25, 0.3) is 23.6 Å². The molecule has 226 valence electrons. The first-order valence-electron chi connectivity index (χ1n) is 13.0. The monoisotopic (exact) mass is 576 g/mol. The molecule has 0 aromatic heterocycles.